The molecule has 2 bridgehead atoms. The van der Waals surface area contributed by atoms with Crippen LogP contribution in [-0.4, -0.2) is 73.8 Å². The smallest absolute Gasteiger partial charge is 0.237 e. The van der Waals surface area contributed by atoms with Crippen LogP contribution < -0.4 is 16.4 Å². The Labute approximate surface area is 245 Å². The molecule has 1 aromatic carbocycles. The highest BCUT2D eigenvalue weighted by Crippen LogP contribution is 2.40. The number of ether oxygens (including phenoxy) is 1. The van der Waals surface area contributed by atoms with Crippen molar-refractivity contribution in [2.24, 2.45) is 17.6 Å². The molecular formula is C31H49FN4O4S. The van der Waals surface area contributed by atoms with Gasteiger partial charge in [0.1, 0.15) is 5.82 Å². The van der Waals surface area contributed by atoms with Crippen molar-refractivity contribution < 1.29 is 22.3 Å². The quantitative estimate of drug-likeness (QED) is 0.425. The maximum absolute atomic E-state index is 13.8. The highest BCUT2D eigenvalue weighted by atomic mass is 32.2. The van der Waals surface area contributed by atoms with E-state index in [0.29, 0.717) is 32.0 Å². The Balaban J connectivity index is 1.26. The van der Waals surface area contributed by atoms with Crippen LogP contribution in [0.15, 0.2) is 24.3 Å². The molecule has 4 aliphatic rings. The van der Waals surface area contributed by atoms with Crippen LogP contribution in [0.25, 0.3) is 0 Å². The molecule has 4 N–H and O–H groups in total. The minimum absolute atomic E-state index is 0.0207. The van der Waals surface area contributed by atoms with E-state index in [0.717, 1.165) is 63.4 Å². The van der Waals surface area contributed by atoms with Gasteiger partial charge in [0.05, 0.1) is 17.4 Å². The third-order valence-corrected chi connectivity index (χ3v) is 12.0. The normalized spacial score (nSPS) is 34.6. The van der Waals surface area contributed by atoms with Crippen molar-refractivity contribution in [2.45, 2.75) is 114 Å². The van der Waals surface area contributed by atoms with E-state index in [1.807, 2.05) is 0 Å². The average molecular weight is 593 g/mol. The SMILES string of the molecule is CC1(C)C[C@@H](C(c2ccc(F)cc2)C(N)C(=O)N[C@H]2CCCC[C@@H]2CC[C@H]2CN[C@@H]3CCCS(=O)(=O)N2C3)CCO1. The molecule has 1 saturated carbocycles. The summed E-state index contributed by atoms with van der Waals surface area (Å²) in [4.78, 5) is 13.8. The standard InChI is InChI=1S/C31H49FN4O4S/c1-31(2)18-23(15-16-40-31)28(22-9-12-24(32)13-10-22)29(33)30(37)35-27-8-4-3-6-21(27)11-14-26-19-34-25-7-5-17-41(38,39)36(26)20-25/h9-10,12-13,21,23,25-29,34H,3-8,11,14-20,33H2,1-2H3,(H,35,37)/t21-,23+,25-,26+,27+,28?,29?/m1/s1. The van der Waals surface area contributed by atoms with E-state index < -0.39 is 16.1 Å². The summed E-state index contributed by atoms with van der Waals surface area (Å²) in [6.45, 7) is 6.01. The van der Waals surface area contributed by atoms with E-state index in [2.05, 4.69) is 24.5 Å². The largest absolute Gasteiger partial charge is 0.376 e. The van der Waals surface area contributed by atoms with E-state index in [1.54, 1.807) is 16.4 Å². The van der Waals surface area contributed by atoms with Crippen molar-refractivity contribution in [2.75, 3.05) is 25.4 Å². The van der Waals surface area contributed by atoms with Crippen molar-refractivity contribution in [3.63, 3.8) is 0 Å². The van der Waals surface area contributed by atoms with Crippen LogP contribution >= 0.6 is 0 Å². The maximum atomic E-state index is 13.8. The Kier molecular flexibility index (Phi) is 9.75. The second kappa shape index (κ2) is 13.0. The topological polar surface area (TPSA) is 114 Å². The van der Waals surface area contributed by atoms with Crippen molar-refractivity contribution in [3.05, 3.63) is 35.6 Å². The van der Waals surface area contributed by atoms with Gasteiger partial charge in [0.25, 0.3) is 0 Å². The number of piperazine rings is 1. The summed E-state index contributed by atoms with van der Waals surface area (Å²) in [6.07, 6.45) is 8.95. The average Bonchev–Trinajstić information content (AvgIpc) is 3.04. The molecule has 5 rings (SSSR count). The number of fused-ring (bicyclic) bond motifs is 2. The lowest BCUT2D eigenvalue weighted by atomic mass is 9.73. The molecule has 1 aliphatic carbocycles. The van der Waals surface area contributed by atoms with Crippen LogP contribution in [0.1, 0.15) is 89.5 Å². The molecule has 4 fully saturated rings. The summed E-state index contributed by atoms with van der Waals surface area (Å²) in [7, 11) is -3.22. The Morgan fingerprint density at radius 1 is 1.15 bits per heavy atom. The molecule has 1 aromatic rings. The van der Waals surface area contributed by atoms with Gasteiger partial charge in [0.15, 0.2) is 0 Å². The van der Waals surface area contributed by atoms with Gasteiger partial charge in [-0.2, -0.15) is 4.31 Å². The fourth-order valence-electron chi connectivity index (χ4n) is 7.88. The fraction of sp³-hybridized carbons (Fsp3) is 0.774. The number of carbonyl (C=O) groups excluding carboxylic acids is 1. The maximum Gasteiger partial charge on any atom is 0.237 e. The molecule has 0 aromatic heterocycles. The highest BCUT2D eigenvalue weighted by Gasteiger charge is 2.41. The van der Waals surface area contributed by atoms with Gasteiger partial charge >= 0.3 is 0 Å². The third-order valence-electron chi connectivity index (χ3n) is 10.1. The number of amides is 1. The zero-order valence-corrected chi connectivity index (χ0v) is 25.5. The summed E-state index contributed by atoms with van der Waals surface area (Å²) in [6, 6.07) is 5.90. The molecule has 8 nitrogen and oxygen atoms in total. The molecule has 3 saturated heterocycles. The monoisotopic (exact) mass is 592 g/mol. The Morgan fingerprint density at radius 2 is 1.90 bits per heavy atom. The minimum Gasteiger partial charge on any atom is -0.376 e. The van der Waals surface area contributed by atoms with Crippen molar-refractivity contribution in [1.82, 2.24) is 14.9 Å². The number of sulfonamides is 1. The second-order valence-corrected chi connectivity index (χ2v) is 15.5. The van der Waals surface area contributed by atoms with Crippen molar-refractivity contribution in [1.29, 1.82) is 0 Å². The van der Waals surface area contributed by atoms with Crippen LogP contribution in [0, 0.1) is 17.7 Å². The Hall–Kier alpha value is -1.59. The first kappa shape index (κ1) is 30.9. The summed E-state index contributed by atoms with van der Waals surface area (Å²) in [5.74, 6) is -0.0298. The minimum atomic E-state index is -3.22. The molecule has 3 aliphatic heterocycles. The van der Waals surface area contributed by atoms with Crippen molar-refractivity contribution >= 4 is 15.9 Å². The van der Waals surface area contributed by atoms with Gasteiger partial charge in [0, 0.05) is 43.7 Å². The number of nitrogens with zero attached hydrogens (tertiary/aromatic N) is 1. The van der Waals surface area contributed by atoms with E-state index in [-0.39, 0.29) is 53.0 Å². The number of nitrogens with one attached hydrogen (secondary N) is 2. The van der Waals surface area contributed by atoms with Gasteiger partial charge < -0.3 is 21.1 Å². The van der Waals surface area contributed by atoms with Gasteiger partial charge in [0.2, 0.25) is 15.9 Å². The lowest BCUT2D eigenvalue weighted by Gasteiger charge is -2.42. The third kappa shape index (κ3) is 7.50. The second-order valence-electron chi connectivity index (χ2n) is 13.5. The van der Waals surface area contributed by atoms with E-state index in [4.69, 9.17) is 10.5 Å². The highest BCUT2D eigenvalue weighted by molar-refractivity contribution is 7.89. The van der Waals surface area contributed by atoms with Crippen LogP contribution in [-0.2, 0) is 19.6 Å². The van der Waals surface area contributed by atoms with Gasteiger partial charge in [-0.3, -0.25) is 4.79 Å². The van der Waals surface area contributed by atoms with Gasteiger partial charge in [-0.25, -0.2) is 12.8 Å². The molecule has 3 heterocycles. The Bertz CT molecular complexity index is 1150. The molecule has 10 heteroatoms. The van der Waals surface area contributed by atoms with E-state index >= 15 is 0 Å². The molecular weight excluding hydrogens is 543 g/mol. The number of rotatable bonds is 8. The molecule has 41 heavy (non-hydrogen) atoms. The fourth-order valence-corrected chi connectivity index (χ4v) is 9.69. The zero-order valence-electron chi connectivity index (χ0n) is 24.7. The lowest BCUT2D eigenvalue weighted by molar-refractivity contribution is -0.126. The first-order valence-corrected chi connectivity index (χ1v) is 17.3. The molecule has 0 radical (unpaired) electrons. The lowest BCUT2D eigenvalue weighted by Crippen LogP contribution is -2.57. The predicted octanol–water partition coefficient (Wildman–Crippen LogP) is 3.66. The molecule has 230 valence electrons. The molecule has 1 amide bonds. The molecule has 8 atom stereocenters. The molecule has 3 unspecified atom stereocenters. The number of halogens is 1. The van der Waals surface area contributed by atoms with Crippen LogP contribution in [0.2, 0.25) is 0 Å². The van der Waals surface area contributed by atoms with E-state index in [9.17, 15) is 17.6 Å². The predicted molar refractivity (Wildman–Crippen MR) is 158 cm³/mol. The number of hydrogen-bond acceptors (Lipinski definition) is 6. The number of benzene rings is 1. The summed E-state index contributed by atoms with van der Waals surface area (Å²) in [5, 5.41) is 6.90. The van der Waals surface area contributed by atoms with Crippen LogP contribution in [0.4, 0.5) is 4.39 Å². The van der Waals surface area contributed by atoms with Crippen LogP contribution in [0.5, 0.6) is 0 Å². The first-order chi connectivity index (χ1) is 19.5. The van der Waals surface area contributed by atoms with Crippen molar-refractivity contribution in [3.8, 4) is 0 Å². The summed E-state index contributed by atoms with van der Waals surface area (Å²) >= 11 is 0. The van der Waals surface area contributed by atoms with Gasteiger partial charge in [-0.05, 0) is 94.7 Å². The summed E-state index contributed by atoms with van der Waals surface area (Å²) in [5.41, 5.74) is 7.36. The summed E-state index contributed by atoms with van der Waals surface area (Å²) < 4.78 is 47.4. The Morgan fingerprint density at radius 3 is 2.66 bits per heavy atom. The number of nitrogens with two attached hydrogens (primary N) is 1. The van der Waals surface area contributed by atoms with Crippen LogP contribution in [0.3, 0.4) is 0 Å². The molecule has 0 spiro atoms. The van der Waals surface area contributed by atoms with Gasteiger partial charge in [-0.15, -0.1) is 0 Å². The zero-order chi connectivity index (χ0) is 29.2. The number of carbonyl (C=O) groups is 1. The van der Waals surface area contributed by atoms with E-state index in [1.165, 1.54) is 12.1 Å². The number of hydrogen-bond donors (Lipinski definition) is 3. The first-order valence-electron chi connectivity index (χ1n) is 15.7. The van der Waals surface area contributed by atoms with Gasteiger partial charge in [-0.1, -0.05) is 25.0 Å².